The third-order valence-corrected chi connectivity index (χ3v) is 7.53. The highest BCUT2D eigenvalue weighted by Gasteiger charge is 2.14. The monoisotopic (exact) mass is 678 g/mol. The molecule has 0 saturated carbocycles. The molecule has 7 heteroatoms. The van der Waals surface area contributed by atoms with Crippen molar-refractivity contribution in [1.82, 2.24) is 0 Å². The van der Waals surface area contributed by atoms with E-state index in [9.17, 15) is 9.36 Å². The molecule has 0 heterocycles. The second-order valence-electron chi connectivity index (χ2n) is 9.73. The highest BCUT2D eigenvalue weighted by Crippen LogP contribution is 2.37. The second-order valence-corrected chi connectivity index (χ2v) is 12.9. The molecule has 0 bridgehead atoms. The van der Waals surface area contributed by atoms with Gasteiger partial charge in [0.1, 0.15) is 12.9 Å². The van der Waals surface area contributed by atoms with Crippen LogP contribution < -0.4 is 21.1 Å². The number of nitrogens with two attached hydrogens (primary N) is 1. The quantitative estimate of drug-likeness (QED) is 0.174. The summed E-state index contributed by atoms with van der Waals surface area (Å²) in [5.41, 5.74) is 11.2. The molecule has 5 nitrogen and oxygen atoms in total. The van der Waals surface area contributed by atoms with Crippen molar-refractivity contribution in [3.63, 3.8) is 0 Å². The molecule has 3 aromatic rings. The van der Waals surface area contributed by atoms with Crippen molar-refractivity contribution in [3.8, 4) is 16.9 Å². The number of benzene rings is 3. The molecule has 3 N–H and O–H groups in total. The van der Waals surface area contributed by atoms with Crippen LogP contribution in [0.3, 0.4) is 0 Å². The predicted molar refractivity (Wildman–Crippen MR) is 212 cm³/mol. The fourth-order valence-corrected chi connectivity index (χ4v) is 5.06. The molecule has 3 rings (SSSR count). The number of amides is 1. The van der Waals surface area contributed by atoms with E-state index >= 15 is 0 Å². The topological polar surface area (TPSA) is 81.4 Å². The van der Waals surface area contributed by atoms with Crippen LogP contribution in [0.1, 0.15) is 109 Å². The summed E-state index contributed by atoms with van der Waals surface area (Å²) in [6.07, 6.45) is 6.62. The lowest BCUT2D eigenvalue weighted by Gasteiger charge is -2.14. The molecule has 0 aliphatic heterocycles. The first-order chi connectivity index (χ1) is 22.0. The van der Waals surface area contributed by atoms with Crippen molar-refractivity contribution in [2.45, 2.75) is 102 Å². The number of rotatable bonds is 9. The average Bonchev–Trinajstić information content (AvgIpc) is 3.08. The molecule has 0 saturated heterocycles. The van der Waals surface area contributed by atoms with Crippen molar-refractivity contribution in [2.24, 2.45) is 5.73 Å². The number of aryl methyl sites for hydroxylation is 2. The fourth-order valence-electron chi connectivity index (χ4n) is 3.88. The predicted octanol–water partition coefficient (Wildman–Crippen LogP) is 12.0. The Morgan fingerprint density at radius 2 is 1.30 bits per heavy atom. The summed E-state index contributed by atoms with van der Waals surface area (Å²) in [5.74, 6) is 0.448. The van der Waals surface area contributed by atoms with Crippen molar-refractivity contribution in [3.05, 3.63) is 77.4 Å². The van der Waals surface area contributed by atoms with Gasteiger partial charge in [0, 0.05) is 29.5 Å². The number of carbonyl (C=O) groups excluding carboxylic acids is 1. The maximum Gasteiger partial charge on any atom is 0.248 e. The summed E-state index contributed by atoms with van der Waals surface area (Å²) in [6, 6.07) is 19.2. The van der Waals surface area contributed by atoms with Crippen LogP contribution in [0.15, 0.2) is 60.7 Å². The molecule has 0 aromatic heterocycles. The number of ether oxygens (including phenoxy) is 1. The van der Waals surface area contributed by atoms with Crippen LogP contribution in [-0.2, 0) is 4.57 Å². The Balaban J connectivity index is -0.000000287. The Morgan fingerprint density at radius 1 is 0.804 bits per heavy atom. The number of unbranched alkanes of at least 4 members (excludes halogenated alkanes) is 2. The summed E-state index contributed by atoms with van der Waals surface area (Å²) < 4.78 is 17.3. The van der Waals surface area contributed by atoms with Gasteiger partial charge in [-0.05, 0) is 86.2 Å². The molecular formula is C39H68ClN2O3P. The fraction of sp³-hybridized carbons (Fsp3) is 0.513. The van der Waals surface area contributed by atoms with E-state index in [4.69, 9.17) is 10.5 Å². The molecule has 0 aliphatic rings. The molecule has 3 aromatic carbocycles. The molecule has 0 aliphatic carbocycles. The van der Waals surface area contributed by atoms with Crippen LogP contribution in [0.5, 0.6) is 5.75 Å². The number of carbonyl (C=O) groups is 1. The van der Waals surface area contributed by atoms with Crippen LogP contribution >= 0.6 is 18.7 Å². The third-order valence-electron chi connectivity index (χ3n) is 5.98. The minimum Gasteiger partial charge on any atom is -0.496 e. The van der Waals surface area contributed by atoms with E-state index in [2.05, 4.69) is 50.7 Å². The highest BCUT2D eigenvalue weighted by molar-refractivity contribution is 7.70. The maximum absolute atomic E-state index is 12.0. The van der Waals surface area contributed by atoms with Crippen LogP contribution in [0.4, 0.5) is 5.69 Å². The molecule has 0 spiro atoms. The maximum atomic E-state index is 12.0. The van der Waals surface area contributed by atoms with Crippen molar-refractivity contribution < 1.29 is 14.1 Å². The zero-order valence-corrected chi connectivity index (χ0v) is 33.6. The Kier molecular flexibility index (Phi) is 35.1. The van der Waals surface area contributed by atoms with Crippen molar-refractivity contribution >= 4 is 35.6 Å². The Morgan fingerprint density at radius 3 is 1.70 bits per heavy atom. The number of anilines is 1. The molecule has 1 amide bonds. The van der Waals surface area contributed by atoms with Gasteiger partial charge < -0.3 is 20.4 Å². The van der Waals surface area contributed by atoms with Crippen LogP contribution in [0, 0.1) is 13.8 Å². The number of methoxy groups -OCH3 is 1. The van der Waals surface area contributed by atoms with Crippen LogP contribution in [0.25, 0.3) is 11.1 Å². The summed E-state index contributed by atoms with van der Waals surface area (Å²) >= 11 is 4.64. The Labute approximate surface area is 289 Å². The Bertz CT molecular complexity index is 1190. The SMILES string of the molecule is CC.CC.CC.CCCCC.CCCNc1ccccc1P(C)(C)=O.CCl.COc1cc(-c2ccc(C(N)=O)cc2)c(C)cc1C. The van der Waals surface area contributed by atoms with E-state index in [1.54, 1.807) is 32.6 Å². The number of hydrogen-bond donors (Lipinski definition) is 2. The van der Waals surface area contributed by atoms with Crippen LogP contribution in [0.2, 0.25) is 0 Å². The van der Waals surface area contributed by atoms with Gasteiger partial charge in [-0.15, -0.1) is 11.6 Å². The van der Waals surface area contributed by atoms with Gasteiger partial charge in [-0.3, -0.25) is 4.79 Å². The van der Waals surface area contributed by atoms with Gasteiger partial charge in [0.05, 0.1) is 7.11 Å². The van der Waals surface area contributed by atoms with E-state index in [1.165, 1.54) is 31.2 Å². The van der Waals surface area contributed by atoms with Crippen molar-refractivity contribution in [2.75, 3.05) is 38.7 Å². The normalized spacial score (nSPS) is 9.13. The molecule has 0 fully saturated rings. The van der Waals surface area contributed by atoms with Gasteiger partial charge in [0.2, 0.25) is 5.91 Å². The van der Waals surface area contributed by atoms with Crippen molar-refractivity contribution in [1.29, 1.82) is 0 Å². The first-order valence-corrected chi connectivity index (χ1v) is 20.2. The Hall–Kier alpha value is -2.75. The van der Waals surface area contributed by atoms with Gasteiger partial charge >= 0.3 is 0 Å². The molecule has 264 valence electrons. The minimum atomic E-state index is -2.16. The standard InChI is InChI=1S/C16H17NO2.C11H18NOP.C5H12.3C2H6.CH3Cl/c1-10-8-11(2)15(19-3)9-14(10)12-4-6-13(7-5-12)16(17)18;1-4-9-12-10-7-5-6-8-11(10)14(2,3)13;1-3-5-4-2;4*1-2/h4-9H,1-3H3,(H2,17,18);5-8,12H,4,9H2,1-3H3;3-5H2,1-2H3;3*1-2H3;1H3. The van der Waals surface area contributed by atoms with E-state index in [1.807, 2.05) is 90.9 Å². The zero-order chi connectivity index (χ0) is 36.7. The number of hydrogen-bond acceptors (Lipinski definition) is 4. The average molecular weight is 679 g/mol. The molecule has 0 radical (unpaired) electrons. The van der Waals surface area contributed by atoms with E-state index in [0.717, 1.165) is 46.4 Å². The lowest BCUT2D eigenvalue weighted by molar-refractivity contribution is 0.100. The first kappa shape index (κ1) is 50.1. The third kappa shape index (κ3) is 21.1. The summed E-state index contributed by atoms with van der Waals surface area (Å²) in [6.45, 7) is 27.2. The van der Waals surface area contributed by atoms with Crippen LogP contribution in [-0.4, -0.2) is 39.3 Å². The van der Waals surface area contributed by atoms with Gasteiger partial charge in [-0.25, -0.2) is 0 Å². The number of primary amides is 1. The molecule has 46 heavy (non-hydrogen) atoms. The smallest absolute Gasteiger partial charge is 0.248 e. The van der Waals surface area contributed by atoms with Gasteiger partial charge in [0.25, 0.3) is 0 Å². The second kappa shape index (κ2) is 32.2. The summed E-state index contributed by atoms with van der Waals surface area (Å²) in [5, 5.41) is 4.25. The number of nitrogens with one attached hydrogen (secondary N) is 1. The lowest BCUT2D eigenvalue weighted by Crippen LogP contribution is -2.12. The van der Waals surface area contributed by atoms with Gasteiger partial charge in [-0.2, -0.15) is 0 Å². The molecule has 0 unspecified atom stereocenters. The lowest BCUT2D eigenvalue weighted by atomic mass is 9.97. The first-order valence-electron chi connectivity index (χ1n) is 16.8. The minimum absolute atomic E-state index is 0.412. The number of para-hydroxylation sites is 1. The van der Waals surface area contributed by atoms with Gasteiger partial charge in [-0.1, -0.05) is 112 Å². The number of alkyl halides is 1. The van der Waals surface area contributed by atoms with Gasteiger partial charge in [0.15, 0.2) is 0 Å². The highest BCUT2D eigenvalue weighted by atomic mass is 35.5. The molecule has 0 atom stereocenters. The summed E-state index contributed by atoms with van der Waals surface area (Å²) in [7, 11) is -0.494. The number of halogens is 1. The molecular weight excluding hydrogens is 611 g/mol. The van der Waals surface area contributed by atoms with E-state index in [0.29, 0.717) is 5.56 Å². The van der Waals surface area contributed by atoms with E-state index in [-0.39, 0.29) is 0 Å². The largest absolute Gasteiger partial charge is 0.496 e. The van der Waals surface area contributed by atoms with E-state index < -0.39 is 13.0 Å². The summed E-state index contributed by atoms with van der Waals surface area (Å²) in [4.78, 5) is 11.1. The zero-order valence-electron chi connectivity index (χ0n) is 31.9.